The number of anilines is 1. The van der Waals surface area contributed by atoms with Crippen LogP contribution in [-0.4, -0.2) is 15.9 Å². The molecule has 3 rings (SSSR count). The molecule has 0 fully saturated rings. The Hall–Kier alpha value is -2.71. The number of halogens is 4. The standard InChI is InChI=1S/C18H11ClF3N3OS/c19-13-6-4-11(9-12(13)18(20,21)22)5-7-16(26)25-17-24-15(10-27-17)14-3-1-2-8-23-14/h1-10H,(H,24,25,26)/b7-5+. The summed E-state index contributed by atoms with van der Waals surface area (Å²) in [7, 11) is 0. The Balaban J connectivity index is 1.69. The predicted octanol–water partition coefficient (Wildman–Crippen LogP) is 5.53. The molecule has 0 saturated heterocycles. The third-order valence-corrected chi connectivity index (χ3v) is 4.47. The van der Waals surface area contributed by atoms with Gasteiger partial charge in [0.2, 0.25) is 5.91 Å². The van der Waals surface area contributed by atoms with Crippen LogP contribution in [0.5, 0.6) is 0 Å². The van der Waals surface area contributed by atoms with Gasteiger partial charge in [-0.15, -0.1) is 11.3 Å². The van der Waals surface area contributed by atoms with Gasteiger partial charge in [0.1, 0.15) is 5.69 Å². The monoisotopic (exact) mass is 409 g/mol. The van der Waals surface area contributed by atoms with E-state index in [9.17, 15) is 18.0 Å². The number of hydrogen-bond donors (Lipinski definition) is 1. The molecule has 0 saturated carbocycles. The van der Waals surface area contributed by atoms with E-state index in [1.165, 1.54) is 23.5 Å². The van der Waals surface area contributed by atoms with Gasteiger partial charge in [0.25, 0.3) is 0 Å². The zero-order valence-corrected chi connectivity index (χ0v) is 15.1. The van der Waals surface area contributed by atoms with Crippen LogP contribution in [-0.2, 0) is 11.0 Å². The Labute approximate surface area is 161 Å². The van der Waals surface area contributed by atoms with Gasteiger partial charge in [0.15, 0.2) is 5.13 Å². The second-order valence-corrected chi connectivity index (χ2v) is 6.58. The maximum Gasteiger partial charge on any atom is 0.417 e. The van der Waals surface area contributed by atoms with E-state index >= 15 is 0 Å². The van der Waals surface area contributed by atoms with E-state index in [1.807, 2.05) is 6.07 Å². The first-order chi connectivity index (χ1) is 12.8. The molecular formula is C18H11ClF3N3OS. The third kappa shape index (κ3) is 4.93. The lowest BCUT2D eigenvalue weighted by molar-refractivity contribution is -0.137. The van der Waals surface area contributed by atoms with Gasteiger partial charge in [-0.1, -0.05) is 23.7 Å². The van der Waals surface area contributed by atoms with Gasteiger partial charge in [-0.2, -0.15) is 13.2 Å². The number of pyridine rings is 1. The highest BCUT2D eigenvalue weighted by atomic mass is 35.5. The Morgan fingerprint density at radius 1 is 1.19 bits per heavy atom. The van der Waals surface area contributed by atoms with E-state index in [2.05, 4.69) is 15.3 Å². The Bertz CT molecular complexity index is 987. The van der Waals surface area contributed by atoms with Crippen molar-refractivity contribution in [1.29, 1.82) is 0 Å². The number of benzene rings is 1. The van der Waals surface area contributed by atoms with Crippen molar-refractivity contribution in [3.8, 4) is 11.4 Å². The average Bonchev–Trinajstić information content (AvgIpc) is 3.09. The second-order valence-electron chi connectivity index (χ2n) is 5.31. The van der Waals surface area contributed by atoms with Crippen LogP contribution in [0.4, 0.5) is 18.3 Å². The van der Waals surface area contributed by atoms with Crippen LogP contribution >= 0.6 is 22.9 Å². The largest absolute Gasteiger partial charge is 0.417 e. The summed E-state index contributed by atoms with van der Waals surface area (Å²) < 4.78 is 38.6. The predicted molar refractivity (Wildman–Crippen MR) is 99.5 cm³/mol. The highest BCUT2D eigenvalue weighted by Crippen LogP contribution is 2.35. The van der Waals surface area contributed by atoms with Crippen molar-refractivity contribution in [3.05, 3.63) is 70.2 Å². The number of amides is 1. The van der Waals surface area contributed by atoms with E-state index in [4.69, 9.17) is 11.6 Å². The zero-order chi connectivity index (χ0) is 19.4. The molecule has 2 heterocycles. The van der Waals surface area contributed by atoms with Gasteiger partial charge in [-0.05, 0) is 35.9 Å². The van der Waals surface area contributed by atoms with Crippen LogP contribution in [0.1, 0.15) is 11.1 Å². The first kappa shape index (κ1) is 19.1. The molecule has 2 aromatic heterocycles. The number of rotatable bonds is 4. The van der Waals surface area contributed by atoms with E-state index < -0.39 is 22.7 Å². The van der Waals surface area contributed by atoms with Crippen molar-refractivity contribution < 1.29 is 18.0 Å². The van der Waals surface area contributed by atoms with Crippen molar-refractivity contribution in [2.24, 2.45) is 0 Å². The highest BCUT2D eigenvalue weighted by molar-refractivity contribution is 7.14. The van der Waals surface area contributed by atoms with Crippen LogP contribution < -0.4 is 5.32 Å². The van der Waals surface area contributed by atoms with Gasteiger partial charge in [0.05, 0.1) is 16.3 Å². The lowest BCUT2D eigenvalue weighted by Gasteiger charge is -2.09. The van der Waals surface area contributed by atoms with Crippen LogP contribution in [0, 0.1) is 0 Å². The van der Waals surface area contributed by atoms with Gasteiger partial charge in [-0.25, -0.2) is 4.98 Å². The van der Waals surface area contributed by atoms with Gasteiger partial charge >= 0.3 is 6.18 Å². The topological polar surface area (TPSA) is 54.9 Å². The number of thiazole rings is 1. The van der Waals surface area contributed by atoms with Crippen molar-refractivity contribution in [2.75, 3.05) is 5.32 Å². The van der Waals surface area contributed by atoms with Gasteiger partial charge in [0, 0.05) is 17.7 Å². The minimum absolute atomic E-state index is 0.204. The summed E-state index contributed by atoms with van der Waals surface area (Å²) in [6, 6.07) is 8.81. The number of aromatic nitrogens is 2. The van der Waals surface area contributed by atoms with E-state index in [0.29, 0.717) is 16.5 Å². The smallest absolute Gasteiger partial charge is 0.298 e. The van der Waals surface area contributed by atoms with Crippen LogP contribution in [0.2, 0.25) is 5.02 Å². The molecule has 0 aliphatic rings. The van der Waals surface area contributed by atoms with E-state index in [-0.39, 0.29) is 5.56 Å². The highest BCUT2D eigenvalue weighted by Gasteiger charge is 2.33. The van der Waals surface area contributed by atoms with Crippen molar-refractivity contribution in [1.82, 2.24) is 9.97 Å². The van der Waals surface area contributed by atoms with E-state index in [0.717, 1.165) is 18.2 Å². The number of nitrogens with one attached hydrogen (secondary N) is 1. The molecule has 0 aliphatic carbocycles. The molecule has 0 unspecified atom stereocenters. The number of alkyl halides is 3. The second kappa shape index (κ2) is 7.89. The molecule has 0 radical (unpaired) electrons. The molecule has 0 atom stereocenters. The maximum absolute atomic E-state index is 12.9. The number of carbonyl (C=O) groups excluding carboxylic acids is 1. The molecule has 1 aromatic carbocycles. The summed E-state index contributed by atoms with van der Waals surface area (Å²) in [6.45, 7) is 0. The van der Waals surface area contributed by atoms with Crippen LogP contribution in [0.25, 0.3) is 17.5 Å². The number of carbonyl (C=O) groups is 1. The first-order valence-corrected chi connectivity index (χ1v) is 8.81. The number of nitrogens with zero attached hydrogens (tertiary/aromatic N) is 2. The minimum atomic E-state index is -4.56. The molecule has 0 aliphatic heterocycles. The maximum atomic E-state index is 12.9. The molecule has 9 heteroatoms. The molecular weight excluding hydrogens is 399 g/mol. The van der Waals surface area contributed by atoms with E-state index in [1.54, 1.807) is 23.7 Å². The van der Waals surface area contributed by atoms with Crippen LogP contribution in [0.15, 0.2) is 54.1 Å². The lowest BCUT2D eigenvalue weighted by Crippen LogP contribution is -2.08. The normalized spacial score (nSPS) is 11.7. The fourth-order valence-corrected chi connectivity index (χ4v) is 3.08. The van der Waals surface area contributed by atoms with Crippen molar-refractivity contribution in [2.45, 2.75) is 6.18 Å². The fraction of sp³-hybridized carbons (Fsp3) is 0.0556. The molecule has 1 N–H and O–H groups in total. The molecule has 27 heavy (non-hydrogen) atoms. The summed E-state index contributed by atoms with van der Waals surface area (Å²) in [5, 5.41) is 4.27. The van der Waals surface area contributed by atoms with Crippen molar-refractivity contribution in [3.63, 3.8) is 0 Å². The summed E-state index contributed by atoms with van der Waals surface area (Å²) in [4.78, 5) is 20.4. The molecule has 4 nitrogen and oxygen atoms in total. The SMILES string of the molecule is O=C(/C=C/c1ccc(Cl)c(C(F)(F)F)c1)Nc1nc(-c2ccccn2)cs1. The summed E-state index contributed by atoms with van der Waals surface area (Å²) in [6.07, 6.45) is -0.525. The quantitative estimate of drug-likeness (QED) is 0.576. The summed E-state index contributed by atoms with van der Waals surface area (Å²) >= 11 is 6.79. The molecule has 138 valence electrons. The van der Waals surface area contributed by atoms with Crippen LogP contribution in [0.3, 0.4) is 0 Å². The first-order valence-electron chi connectivity index (χ1n) is 7.55. The zero-order valence-electron chi connectivity index (χ0n) is 13.5. The Morgan fingerprint density at radius 2 is 2.00 bits per heavy atom. The lowest BCUT2D eigenvalue weighted by atomic mass is 10.1. The summed E-state index contributed by atoms with van der Waals surface area (Å²) in [5.74, 6) is -0.513. The Kier molecular flexibility index (Phi) is 5.57. The van der Waals surface area contributed by atoms with Crippen molar-refractivity contribution >= 4 is 40.1 Å². The van der Waals surface area contributed by atoms with Gasteiger partial charge in [-0.3, -0.25) is 15.1 Å². The molecule has 0 spiro atoms. The summed E-state index contributed by atoms with van der Waals surface area (Å²) in [5.41, 5.74) is 0.542. The minimum Gasteiger partial charge on any atom is -0.298 e. The fourth-order valence-electron chi connectivity index (χ4n) is 2.15. The molecule has 0 bridgehead atoms. The average molecular weight is 410 g/mol. The number of hydrogen-bond acceptors (Lipinski definition) is 4. The third-order valence-electron chi connectivity index (χ3n) is 3.38. The molecule has 3 aromatic rings. The van der Waals surface area contributed by atoms with Gasteiger partial charge < -0.3 is 0 Å². The molecule has 1 amide bonds. The Morgan fingerprint density at radius 3 is 2.70 bits per heavy atom.